The summed E-state index contributed by atoms with van der Waals surface area (Å²) in [5.74, 6) is 1.89. The van der Waals surface area contributed by atoms with Gasteiger partial charge in [0, 0.05) is 43.0 Å². The average Bonchev–Trinajstić information content (AvgIpc) is 3.00. The highest BCUT2D eigenvalue weighted by Gasteiger charge is 2.24. The van der Waals surface area contributed by atoms with E-state index in [1.165, 1.54) is 0 Å². The minimum atomic E-state index is -0.106. The summed E-state index contributed by atoms with van der Waals surface area (Å²) in [5, 5.41) is 17.5. The van der Waals surface area contributed by atoms with Gasteiger partial charge < -0.3 is 15.5 Å². The number of hydrogen-bond donors (Lipinski definition) is 2. The van der Waals surface area contributed by atoms with Crippen LogP contribution in [0.4, 0.5) is 11.8 Å². The van der Waals surface area contributed by atoms with E-state index in [0.717, 1.165) is 53.4 Å². The smallest absolute Gasteiger partial charge is 0.254 e. The molecule has 1 saturated carbocycles. The van der Waals surface area contributed by atoms with E-state index in [-0.39, 0.29) is 5.91 Å². The fraction of sp³-hybridized carbons (Fsp3) is 0.281. The van der Waals surface area contributed by atoms with E-state index in [1.807, 2.05) is 91.8 Å². The maximum atomic E-state index is 13.6. The normalized spacial score (nSPS) is 17.1. The van der Waals surface area contributed by atoms with Crippen LogP contribution in [0.3, 0.4) is 0 Å². The molecule has 0 spiro atoms. The number of aromatic nitrogens is 4. The van der Waals surface area contributed by atoms with Crippen LogP contribution >= 0.6 is 0 Å². The zero-order valence-corrected chi connectivity index (χ0v) is 22.8. The van der Waals surface area contributed by atoms with Crippen molar-refractivity contribution in [3.8, 4) is 11.3 Å². The molecule has 2 N–H and O–H groups in total. The Balaban J connectivity index is 1.12. The monoisotopic (exact) mass is 531 g/mol. The Kier molecular flexibility index (Phi) is 7.23. The van der Waals surface area contributed by atoms with Gasteiger partial charge in [0.05, 0.1) is 16.6 Å². The molecule has 6 rings (SSSR count). The van der Waals surface area contributed by atoms with Gasteiger partial charge in [-0.15, -0.1) is 10.2 Å². The first-order valence-corrected chi connectivity index (χ1v) is 13.9. The highest BCUT2D eigenvalue weighted by atomic mass is 16.1. The molecule has 1 aliphatic rings. The van der Waals surface area contributed by atoms with Crippen LogP contribution in [0.25, 0.3) is 33.1 Å². The van der Waals surface area contributed by atoms with Gasteiger partial charge in [0.15, 0.2) is 0 Å². The Labute approximate surface area is 233 Å². The van der Waals surface area contributed by atoms with Gasteiger partial charge in [0.1, 0.15) is 11.5 Å². The van der Waals surface area contributed by atoms with Crippen LogP contribution in [-0.2, 0) is 0 Å². The van der Waals surface area contributed by atoms with E-state index in [4.69, 9.17) is 9.97 Å². The van der Waals surface area contributed by atoms with Crippen LogP contribution in [0.2, 0.25) is 0 Å². The molecule has 1 amide bonds. The van der Waals surface area contributed by atoms with Crippen molar-refractivity contribution in [3.05, 3.63) is 84.4 Å². The second-order valence-electron chi connectivity index (χ2n) is 10.7. The molecule has 1 aliphatic carbocycles. The molecule has 8 heteroatoms. The van der Waals surface area contributed by atoms with E-state index >= 15 is 0 Å². The summed E-state index contributed by atoms with van der Waals surface area (Å²) in [7, 11) is 4.01. The Bertz CT molecular complexity index is 1650. The van der Waals surface area contributed by atoms with Gasteiger partial charge in [-0.25, -0.2) is 4.98 Å². The maximum absolute atomic E-state index is 13.6. The minimum Gasteiger partial charge on any atom is -0.362 e. The summed E-state index contributed by atoms with van der Waals surface area (Å²) in [5.41, 5.74) is 3.72. The van der Waals surface area contributed by atoms with Crippen LogP contribution in [-0.4, -0.2) is 52.8 Å². The fourth-order valence-electron chi connectivity index (χ4n) is 5.57. The lowest BCUT2D eigenvalue weighted by Gasteiger charge is -2.29. The summed E-state index contributed by atoms with van der Waals surface area (Å²) in [6.45, 7) is 0.633. The first-order chi connectivity index (χ1) is 19.6. The molecule has 5 aromatic rings. The van der Waals surface area contributed by atoms with Crippen LogP contribution in [0.15, 0.2) is 78.9 Å². The number of hydrogen-bond acceptors (Lipinski definition) is 7. The summed E-state index contributed by atoms with van der Waals surface area (Å²) in [6, 6.07) is 25.9. The van der Waals surface area contributed by atoms with Crippen LogP contribution in [0, 0.1) is 5.92 Å². The molecule has 40 heavy (non-hydrogen) atoms. The van der Waals surface area contributed by atoms with E-state index in [1.54, 1.807) is 0 Å². The summed E-state index contributed by atoms with van der Waals surface area (Å²) in [6.07, 6.45) is 4.05. The molecule has 2 heterocycles. The third-order valence-corrected chi connectivity index (χ3v) is 7.68. The molecule has 0 aliphatic heterocycles. The van der Waals surface area contributed by atoms with Gasteiger partial charge in [-0.1, -0.05) is 60.7 Å². The number of fused-ring (bicyclic) bond motifs is 2. The number of anilines is 2. The molecule has 3 aromatic carbocycles. The standard InChI is InChI=1S/C32H33N7O/c1-39(2)30-25-13-7-8-14-26(25)35-32(36-30)34-23-18-16-21(17-19-23)20-33-31(40)28-24-12-6-9-15-27(24)37-38-29(28)22-10-4-3-5-11-22/h3-15,21,23H,16-20H2,1-2H3,(H,33,40)(H,34,35,36)/t21-,23+. The Morgan fingerprint density at radius 3 is 2.23 bits per heavy atom. The molecule has 0 saturated heterocycles. The number of nitrogens with one attached hydrogen (secondary N) is 2. The van der Waals surface area contributed by atoms with Gasteiger partial charge in [0.25, 0.3) is 5.91 Å². The van der Waals surface area contributed by atoms with E-state index < -0.39 is 0 Å². The molecule has 0 unspecified atom stereocenters. The molecular weight excluding hydrogens is 498 g/mol. The van der Waals surface area contributed by atoms with Crippen molar-refractivity contribution in [1.29, 1.82) is 0 Å². The molecule has 202 valence electrons. The highest BCUT2D eigenvalue weighted by molar-refractivity contribution is 6.10. The molecule has 1 fully saturated rings. The van der Waals surface area contributed by atoms with Crippen molar-refractivity contribution in [2.24, 2.45) is 5.92 Å². The van der Waals surface area contributed by atoms with Crippen molar-refractivity contribution in [2.45, 2.75) is 31.7 Å². The minimum absolute atomic E-state index is 0.106. The van der Waals surface area contributed by atoms with Crippen molar-refractivity contribution >= 4 is 39.5 Å². The molecule has 2 aromatic heterocycles. The van der Waals surface area contributed by atoms with Crippen LogP contribution in [0.1, 0.15) is 36.0 Å². The van der Waals surface area contributed by atoms with Crippen LogP contribution in [0.5, 0.6) is 0 Å². The predicted octanol–water partition coefficient (Wildman–Crippen LogP) is 5.71. The fourth-order valence-corrected chi connectivity index (χ4v) is 5.57. The van der Waals surface area contributed by atoms with Gasteiger partial charge in [0.2, 0.25) is 5.95 Å². The van der Waals surface area contributed by atoms with E-state index in [9.17, 15) is 4.79 Å². The lowest BCUT2D eigenvalue weighted by molar-refractivity contribution is 0.0945. The topological polar surface area (TPSA) is 95.9 Å². The number of rotatable bonds is 7. The molecule has 8 nitrogen and oxygen atoms in total. The number of benzene rings is 3. The van der Waals surface area contributed by atoms with Crippen molar-refractivity contribution in [1.82, 2.24) is 25.5 Å². The Morgan fingerprint density at radius 2 is 1.48 bits per heavy atom. The van der Waals surface area contributed by atoms with Crippen LogP contribution < -0.4 is 15.5 Å². The third kappa shape index (κ3) is 5.30. The van der Waals surface area contributed by atoms with Gasteiger partial charge >= 0.3 is 0 Å². The van der Waals surface area contributed by atoms with Crippen molar-refractivity contribution in [3.63, 3.8) is 0 Å². The van der Waals surface area contributed by atoms with Gasteiger partial charge in [-0.05, 0) is 49.8 Å². The Morgan fingerprint density at radius 1 is 0.800 bits per heavy atom. The largest absolute Gasteiger partial charge is 0.362 e. The number of carbonyl (C=O) groups excluding carboxylic acids is 1. The molecular formula is C32H33N7O. The molecule has 0 atom stereocenters. The lowest BCUT2D eigenvalue weighted by atomic mass is 9.86. The van der Waals surface area contributed by atoms with E-state index in [2.05, 4.69) is 26.9 Å². The quantitative estimate of drug-likeness (QED) is 0.278. The highest BCUT2D eigenvalue weighted by Crippen LogP contribution is 2.30. The zero-order valence-electron chi connectivity index (χ0n) is 22.8. The number of nitrogens with zero attached hydrogens (tertiary/aromatic N) is 5. The van der Waals surface area contributed by atoms with Crippen molar-refractivity contribution < 1.29 is 4.79 Å². The zero-order chi connectivity index (χ0) is 27.5. The summed E-state index contributed by atoms with van der Waals surface area (Å²) >= 11 is 0. The SMILES string of the molecule is CN(C)c1nc(N[C@H]2CC[C@@H](CNC(=O)c3c(-c4ccccc4)nnc4ccccc34)CC2)nc2ccccc12. The second kappa shape index (κ2) is 11.3. The van der Waals surface area contributed by atoms with Gasteiger partial charge in [-0.2, -0.15) is 4.98 Å². The maximum Gasteiger partial charge on any atom is 0.254 e. The van der Waals surface area contributed by atoms with Crippen molar-refractivity contribution in [2.75, 3.05) is 30.9 Å². The van der Waals surface area contributed by atoms with Gasteiger partial charge in [-0.3, -0.25) is 4.79 Å². The number of carbonyl (C=O) groups is 1. The first-order valence-electron chi connectivity index (χ1n) is 13.9. The molecule has 0 bridgehead atoms. The second-order valence-corrected chi connectivity index (χ2v) is 10.7. The predicted molar refractivity (Wildman–Crippen MR) is 161 cm³/mol. The third-order valence-electron chi connectivity index (χ3n) is 7.68. The number of para-hydroxylation sites is 1. The summed E-state index contributed by atoms with van der Waals surface area (Å²) in [4.78, 5) is 25.2. The summed E-state index contributed by atoms with van der Waals surface area (Å²) < 4.78 is 0. The Hall–Kier alpha value is -4.59. The first kappa shape index (κ1) is 25.7. The van der Waals surface area contributed by atoms with E-state index in [0.29, 0.717) is 41.2 Å². The average molecular weight is 532 g/mol. The lowest BCUT2D eigenvalue weighted by Crippen LogP contribution is -2.34. The molecule has 0 radical (unpaired) electrons. The number of amides is 1.